The minimum absolute atomic E-state index is 0.118. The van der Waals surface area contributed by atoms with E-state index in [1.54, 1.807) is 6.07 Å². The Balaban J connectivity index is 1.22. The number of hydrazine groups is 1. The van der Waals surface area contributed by atoms with E-state index in [1.165, 1.54) is 5.57 Å². The summed E-state index contributed by atoms with van der Waals surface area (Å²) in [7, 11) is 0. The number of amides is 2. The number of nitrogens with one attached hydrogen (secondary N) is 3. The number of rotatable bonds is 5. The number of H-pyrrole nitrogens is 1. The molecule has 3 heterocycles. The van der Waals surface area contributed by atoms with E-state index in [4.69, 9.17) is 9.47 Å². The van der Waals surface area contributed by atoms with Crippen LogP contribution in [-0.4, -0.2) is 91.1 Å². The molecule has 6 rings (SSSR count). The smallest absolute Gasteiger partial charge is 0.333 e. The topological polar surface area (TPSA) is 112 Å². The molecule has 2 aliphatic carbocycles. The molecule has 4 aliphatic rings. The molecule has 10 nitrogen and oxygen atoms in total. The highest BCUT2D eigenvalue weighted by Crippen LogP contribution is 2.44. The van der Waals surface area contributed by atoms with Crippen LogP contribution in [0.1, 0.15) is 35.0 Å². The lowest BCUT2D eigenvalue weighted by atomic mass is 9.85. The number of fused-ring (bicyclic) bond motifs is 3. The molecule has 0 saturated carbocycles. The minimum Gasteiger partial charge on any atom is -0.379 e. The van der Waals surface area contributed by atoms with Crippen LogP contribution in [0.4, 0.5) is 10.5 Å². The number of hydrogen-bond acceptors (Lipinski definition) is 7. The average Bonchev–Trinajstić information content (AvgIpc) is 3.45. The fourth-order valence-electron chi connectivity index (χ4n) is 5.59. The van der Waals surface area contributed by atoms with E-state index in [1.807, 2.05) is 17.1 Å². The zero-order valence-corrected chi connectivity index (χ0v) is 21.0. The van der Waals surface area contributed by atoms with Crippen LogP contribution in [0.25, 0.3) is 16.8 Å². The second-order valence-electron chi connectivity index (χ2n) is 9.99. The van der Waals surface area contributed by atoms with Gasteiger partial charge < -0.3 is 14.8 Å². The van der Waals surface area contributed by atoms with Crippen molar-refractivity contribution in [2.45, 2.75) is 13.3 Å². The highest BCUT2D eigenvalue weighted by atomic mass is 16.5. The summed E-state index contributed by atoms with van der Waals surface area (Å²) in [6.07, 6.45) is 5.23. The molecule has 1 atom stereocenters. The molecule has 2 fully saturated rings. The van der Waals surface area contributed by atoms with Gasteiger partial charge in [0, 0.05) is 38.3 Å². The number of benzene rings is 1. The lowest BCUT2D eigenvalue weighted by Crippen LogP contribution is -2.49. The maximum Gasteiger partial charge on any atom is 0.333 e. The van der Waals surface area contributed by atoms with Crippen molar-refractivity contribution in [2.75, 3.05) is 64.5 Å². The molecule has 2 saturated heterocycles. The summed E-state index contributed by atoms with van der Waals surface area (Å²) in [5, 5.41) is 12.4. The molecule has 0 radical (unpaired) electrons. The third kappa shape index (κ3) is 4.73. The Hall–Kier alpha value is -3.31. The average molecular weight is 505 g/mol. The molecule has 3 N–H and O–H groups in total. The third-order valence-electron chi connectivity index (χ3n) is 7.47. The van der Waals surface area contributed by atoms with E-state index in [-0.39, 0.29) is 17.7 Å². The van der Waals surface area contributed by atoms with Gasteiger partial charge in [-0.3, -0.25) is 20.2 Å². The summed E-state index contributed by atoms with van der Waals surface area (Å²) >= 11 is 0. The maximum absolute atomic E-state index is 13.7. The molecule has 10 heteroatoms. The maximum atomic E-state index is 13.7. The fraction of sp³-hybridized carbons (Fsp3) is 0.444. The number of urea groups is 1. The zero-order chi connectivity index (χ0) is 25.4. The van der Waals surface area contributed by atoms with Crippen LogP contribution in [0.15, 0.2) is 35.9 Å². The molecule has 37 heavy (non-hydrogen) atoms. The van der Waals surface area contributed by atoms with Gasteiger partial charge in [-0.2, -0.15) is 5.10 Å². The van der Waals surface area contributed by atoms with E-state index in [2.05, 4.69) is 44.9 Å². The number of aromatic nitrogens is 2. The summed E-state index contributed by atoms with van der Waals surface area (Å²) in [5.74, 6) is 0.120. The van der Waals surface area contributed by atoms with Crippen molar-refractivity contribution in [3.05, 3.63) is 52.7 Å². The number of ketones is 1. The monoisotopic (exact) mass is 504 g/mol. The van der Waals surface area contributed by atoms with Crippen molar-refractivity contribution < 1.29 is 19.1 Å². The Morgan fingerprint density at radius 3 is 2.59 bits per heavy atom. The molecular weight excluding hydrogens is 472 g/mol. The molecule has 2 aliphatic heterocycles. The Kier molecular flexibility index (Phi) is 6.64. The molecule has 0 spiro atoms. The Labute approximate surface area is 215 Å². The first-order valence-electron chi connectivity index (χ1n) is 13.0. The number of allylic oxidation sites excluding steroid dienone is 3. The van der Waals surface area contributed by atoms with Crippen molar-refractivity contribution in [3.8, 4) is 11.3 Å². The molecule has 1 unspecified atom stereocenters. The van der Waals surface area contributed by atoms with Gasteiger partial charge in [-0.15, -0.1) is 0 Å². The Morgan fingerprint density at radius 1 is 1.08 bits per heavy atom. The largest absolute Gasteiger partial charge is 0.379 e. The summed E-state index contributed by atoms with van der Waals surface area (Å²) < 4.78 is 10.8. The van der Waals surface area contributed by atoms with Gasteiger partial charge in [0.1, 0.15) is 5.69 Å². The first-order chi connectivity index (χ1) is 18.1. The normalized spacial score (nSPS) is 22.2. The van der Waals surface area contributed by atoms with Gasteiger partial charge in [-0.05, 0) is 24.0 Å². The number of ether oxygens (including phenoxy) is 2. The van der Waals surface area contributed by atoms with Crippen LogP contribution >= 0.6 is 0 Å². The quantitative estimate of drug-likeness (QED) is 0.490. The summed E-state index contributed by atoms with van der Waals surface area (Å²) in [6, 6.07) is 5.12. The lowest BCUT2D eigenvalue weighted by molar-refractivity contribution is 0.0207. The third-order valence-corrected chi connectivity index (χ3v) is 7.47. The van der Waals surface area contributed by atoms with E-state index in [0.717, 1.165) is 50.4 Å². The number of hydrogen-bond donors (Lipinski definition) is 3. The van der Waals surface area contributed by atoms with Crippen LogP contribution < -0.4 is 10.7 Å². The minimum atomic E-state index is -0.376. The van der Waals surface area contributed by atoms with Crippen LogP contribution in [0, 0.1) is 5.92 Å². The summed E-state index contributed by atoms with van der Waals surface area (Å²) in [6.45, 7) is 9.02. The fourth-order valence-corrected chi connectivity index (χ4v) is 5.59. The first-order valence-corrected chi connectivity index (χ1v) is 13.0. The number of anilines is 1. The van der Waals surface area contributed by atoms with Crippen molar-refractivity contribution in [2.24, 2.45) is 5.92 Å². The zero-order valence-electron chi connectivity index (χ0n) is 21.0. The number of morpholine rings is 2. The van der Waals surface area contributed by atoms with Gasteiger partial charge in [0.05, 0.1) is 48.9 Å². The van der Waals surface area contributed by atoms with E-state index in [0.29, 0.717) is 54.5 Å². The van der Waals surface area contributed by atoms with Gasteiger partial charge in [0.15, 0.2) is 5.78 Å². The van der Waals surface area contributed by atoms with Gasteiger partial charge in [0.25, 0.3) is 0 Å². The Morgan fingerprint density at radius 2 is 1.84 bits per heavy atom. The van der Waals surface area contributed by atoms with Crippen molar-refractivity contribution >= 4 is 23.1 Å². The van der Waals surface area contributed by atoms with Gasteiger partial charge in [-0.25, -0.2) is 9.80 Å². The number of carbonyl (C=O) groups is 2. The van der Waals surface area contributed by atoms with E-state index in [9.17, 15) is 9.59 Å². The van der Waals surface area contributed by atoms with Gasteiger partial charge >= 0.3 is 6.03 Å². The second-order valence-corrected chi connectivity index (χ2v) is 9.99. The molecule has 194 valence electrons. The van der Waals surface area contributed by atoms with E-state index >= 15 is 0 Å². The molecule has 2 amide bonds. The molecule has 0 bridgehead atoms. The molecule has 1 aromatic carbocycles. The summed E-state index contributed by atoms with van der Waals surface area (Å²) in [4.78, 5) is 28.8. The standard InChI is InChI=1S/C27H32N6O4/c1-17-15-18(16-32-7-11-36-12-8-32)5-6-19(17)24-23-25(30-29-24)20-3-2-4-21(22(20)26(23)34)28-27(35)31-33-9-13-37-14-10-33/h2-6,17H,7-16H2,1H3,(H,29,30)(H2,28,31,35). The number of carbonyl (C=O) groups excluding carboxylic acids is 2. The summed E-state index contributed by atoms with van der Waals surface area (Å²) in [5.41, 5.74) is 9.03. The number of nitrogens with zero attached hydrogens (tertiary/aromatic N) is 3. The Bertz CT molecular complexity index is 1270. The van der Waals surface area contributed by atoms with E-state index < -0.39 is 0 Å². The van der Waals surface area contributed by atoms with Crippen LogP contribution in [-0.2, 0) is 9.47 Å². The highest BCUT2D eigenvalue weighted by molar-refractivity contribution is 6.26. The second kappa shape index (κ2) is 10.2. The molecule has 1 aromatic heterocycles. The van der Waals surface area contributed by atoms with Gasteiger partial charge in [-0.1, -0.05) is 36.8 Å². The highest BCUT2D eigenvalue weighted by Gasteiger charge is 2.36. The van der Waals surface area contributed by atoms with Crippen molar-refractivity contribution in [3.63, 3.8) is 0 Å². The predicted octanol–water partition coefficient (Wildman–Crippen LogP) is 2.67. The van der Waals surface area contributed by atoms with Crippen molar-refractivity contribution in [1.82, 2.24) is 25.5 Å². The van der Waals surface area contributed by atoms with Gasteiger partial charge in [0.2, 0.25) is 0 Å². The van der Waals surface area contributed by atoms with Crippen LogP contribution in [0.2, 0.25) is 0 Å². The molecule has 2 aromatic rings. The van der Waals surface area contributed by atoms with Crippen molar-refractivity contribution in [1.29, 1.82) is 0 Å². The predicted molar refractivity (Wildman–Crippen MR) is 139 cm³/mol. The molecular formula is C27H32N6O4. The number of aromatic amines is 1. The van der Waals surface area contributed by atoms with Crippen LogP contribution in [0.5, 0.6) is 0 Å². The SMILES string of the molecule is CC1CC(CN2CCOCC2)=CC=C1c1n[nH]c2c1C(=O)c1c(NC(=O)NN3CCOCC3)cccc1-2. The first kappa shape index (κ1) is 24.1. The lowest BCUT2D eigenvalue weighted by Gasteiger charge is -2.29. The van der Waals surface area contributed by atoms with Crippen LogP contribution in [0.3, 0.4) is 0 Å².